The van der Waals surface area contributed by atoms with Crippen LogP contribution in [0.25, 0.3) is 0 Å². The molecule has 0 spiro atoms. The van der Waals surface area contributed by atoms with E-state index in [-0.39, 0.29) is 0 Å². The Balaban J connectivity index is 3.69. The number of hydrogen-bond donors (Lipinski definition) is 0. The third-order valence-electron chi connectivity index (χ3n) is 0.951. The van der Waals surface area contributed by atoms with Crippen molar-refractivity contribution in [3.8, 4) is 0 Å². The summed E-state index contributed by atoms with van der Waals surface area (Å²) in [5.74, 6) is 0. The molecule has 42 valence electrons. The van der Waals surface area contributed by atoms with Crippen molar-refractivity contribution in [2.45, 2.75) is 6.92 Å². The van der Waals surface area contributed by atoms with Crippen LogP contribution >= 0.6 is 0 Å². The SMILES string of the molecule is BC(/C=C\C=C)=C/C. The summed E-state index contributed by atoms with van der Waals surface area (Å²) in [4.78, 5) is 0. The molecule has 8 heavy (non-hydrogen) atoms. The maximum absolute atomic E-state index is 3.55. The van der Waals surface area contributed by atoms with Gasteiger partial charge >= 0.3 is 0 Å². The molecule has 1 heteroatoms. The molecule has 0 rings (SSSR count). The molecule has 0 radical (unpaired) electrons. The lowest BCUT2D eigenvalue weighted by Gasteiger charge is -1.82. The first kappa shape index (κ1) is 7.28. The van der Waals surface area contributed by atoms with Gasteiger partial charge in [-0.1, -0.05) is 36.4 Å². The van der Waals surface area contributed by atoms with E-state index in [2.05, 4.69) is 20.5 Å². The van der Waals surface area contributed by atoms with Crippen LogP contribution in [0.15, 0.2) is 36.4 Å². The fraction of sp³-hybridized carbons (Fsp3) is 0.143. The molecule has 0 nitrogen and oxygen atoms in total. The fourth-order valence-electron chi connectivity index (χ4n) is 0.316. The van der Waals surface area contributed by atoms with Gasteiger partial charge in [0.25, 0.3) is 0 Å². The fourth-order valence-corrected chi connectivity index (χ4v) is 0.316. The van der Waals surface area contributed by atoms with Gasteiger partial charge in [-0.15, -0.1) is 0 Å². The normalized spacial score (nSPS) is 12.4. The van der Waals surface area contributed by atoms with Gasteiger partial charge in [-0.05, 0) is 6.92 Å². The van der Waals surface area contributed by atoms with Crippen LogP contribution in [0.5, 0.6) is 0 Å². The van der Waals surface area contributed by atoms with Gasteiger partial charge in [0.1, 0.15) is 7.85 Å². The molecule has 0 aromatic carbocycles. The molecule has 0 aromatic heterocycles. The molecule has 0 atom stereocenters. The van der Waals surface area contributed by atoms with Crippen molar-refractivity contribution < 1.29 is 0 Å². The molecule has 0 fully saturated rings. The van der Waals surface area contributed by atoms with Crippen molar-refractivity contribution in [2.24, 2.45) is 0 Å². The van der Waals surface area contributed by atoms with Crippen LogP contribution < -0.4 is 0 Å². The molecular formula is C7H11B. The van der Waals surface area contributed by atoms with E-state index in [0.29, 0.717) is 0 Å². The topological polar surface area (TPSA) is 0 Å². The van der Waals surface area contributed by atoms with Gasteiger partial charge in [0.2, 0.25) is 0 Å². The molecule has 0 saturated carbocycles. The molecule has 0 aliphatic rings. The monoisotopic (exact) mass is 106 g/mol. The molecule has 0 N–H and O–H groups in total. The Hall–Kier alpha value is -0.715. The van der Waals surface area contributed by atoms with Crippen molar-refractivity contribution in [1.29, 1.82) is 0 Å². The Morgan fingerprint density at radius 1 is 1.62 bits per heavy atom. The molecular weight excluding hydrogens is 94.9 g/mol. The van der Waals surface area contributed by atoms with E-state index in [0.717, 1.165) is 0 Å². The quantitative estimate of drug-likeness (QED) is 0.367. The maximum Gasteiger partial charge on any atom is 0.138 e. The highest BCUT2D eigenvalue weighted by Crippen LogP contribution is 1.87. The van der Waals surface area contributed by atoms with Gasteiger partial charge < -0.3 is 0 Å². The van der Waals surface area contributed by atoms with E-state index in [1.807, 2.05) is 19.1 Å². The standard InChI is InChI=1S/C7H11B/c1-3-5-6-7(8)4-2/h3-6H,1,8H2,2H3/b6-5-,7-4+. The molecule has 0 saturated heterocycles. The van der Waals surface area contributed by atoms with E-state index in [4.69, 9.17) is 0 Å². The Kier molecular flexibility index (Phi) is 4.05. The number of hydrogen-bond acceptors (Lipinski definition) is 0. The minimum absolute atomic E-state index is 1.27. The van der Waals surface area contributed by atoms with Gasteiger partial charge in [-0.3, -0.25) is 0 Å². The van der Waals surface area contributed by atoms with Crippen LogP contribution in [0.3, 0.4) is 0 Å². The van der Waals surface area contributed by atoms with Crippen LogP contribution in [0, 0.1) is 0 Å². The Bertz CT molecular complexity index is 120. The molecule has 0 unspecified atom stereocenters. The summed E-state index contributed by atoms with van der Waals surface area (Å²) in [6, 6.07) is 0. The zero-order valence-electron chi connectivity index (χ0n) is 5.52. The smallest absolute Gasteiger partial charge is 0.0991 e. The van der Waals surface area contributed by atoms with Crippen molar-refractivity contribution in [3.63, 3.8) is 0 Å². The summed E-state index contributed by atoms with van der Waals surface area (Å²) in [6.45, 7) is 5.57. The van der Waals surface area contributed by atoms with E-state index in [1.54, 1.807) is 6.08 Å². The van der Waals surface area contributed by atoms with Crippen molar-refractivity contribution in [1.82, 2.24) is 0 Å². The largest absolute Gasteiger partial charge is 0.138 e. The summed E-state index contributed by atoms with van der Waals surface area (Å²) in [7, 11) is 2.06. The predicted octanol–water partition coefficient (Wildman–Crippen LogP) is 1.27. The van der Waals surface area contributed by atoms with E-state index in [9.17, 15) is 0 Å². The minimum Gasteiger partial charge on any atom is -0.0991 e. The van der Waals surface area contributed by atoms with Crippen LogP contribution in [0.1, 0.15) is 6.92 Å². The zero-order chi connectivity index (χ0) is 6.41. The lowest BCUT2D eigenvalue weighted by atomic mass is 9.95. The second-order valence-corrected chi connectivity index (χ2v) is 1.63. The van der Waals surface area contributed by atoms with Crippen LogP contribution in [0.4, 0.5) is 0 Å². The van der Waals surface area contributed by atoms with Gasteiger partial charge in [0.15, 0.2) is 0 Å². The number of allylic oxidation sites excluding steroid dienone is 5. The molecule has 0 aromatic rings. The van der Waals surface area contributed by atoms with Crippen LogP contribution in [0.2, 0.25) is 0 Å². The molecule has 0 bridgehead atoms. The Morgan fingerprint density at radius 2 is 2.25 bits per heavy atom. The Morgan fingerprint density at radius 3 is 2.62 bits per heavy atom. The average molecular weight is 106 g/mol. The zero-order valence-corrected chi connectivity index (χ0v) is 5.52. The van der Waals surface area contributed by atoms with E-state index >= 15 is 0 Å². The molecule has 0 heterocycles. The Labute approximate surface area is 52.0 Å². The lowest BCUT2D eigenvalue weighted by Crippen LogP contribution is -1.69. The number of rotatable bonds is 2. The molecule has 0 amide bonds. The molecule has 0 aliphatic carbocycles. The first-order chi connectivity index (χ1) is 3.81. The second-order valence-electron chi connectivity index (χ2n) is 1.63. The lowest BCUT2D eigenvalue weighted by molar-refractivity contribution is 1.69. The van der Waals surface area contributed by atoms with Gasteiger partial charge in [0.05, 0.1) is 0 Å². The average Bonchev–Trinajstić information content (AvgIpc) is 1.83. The maximum atomic E-state index is 3.55. The summed E-state index contributed by atoms with van der Waals surface area (Å²) in [5.41, 5.74) is 1.27. The van der Waals surface area contributed by atoms with E-state index in [1.165, 1.54) is 5.47 Å². The minimum atomic E-state index is 1.27. The van der Waals surface area contributed by atoms with Gasteiger partial charge in [-0.25, -0.2) is 0 Å². The predicted molar refractivity (Wildman–Crippen MR) is 41.6 cm³/mol. The summed E-state index contributed by atoms with van der Waals surface area (Å²) in [5, 5.41) is 0. The van der Waals surface area contributed by atoms with Crippen molar-refractivity contribution in [3.05, 3.63) is 36.4 Å². The highest BCUT2D eigenvalue weighted by Gasteiger charge is 1.71. The second kappa shape index (κ2) is 4.44. The highest BCUT2D eigenvalue weighted by molar-refractivity contribution is 6.23. The summed E-state index contributed by atoms with van der Waals surface area (Å²) >= 11 is 0. The van der Waals surface area contributed by atoms with E-state index < -0.39 is 0 Å². The third-order valence-corrected chi connectivity index (χ3v) is 0.951. The summed E-state index contributed by atoms with van der Waals surface area (Å²) < 4.78 is 0. The first-order valence-electron chi connectivity index (χ1n) is 2.73. The van der Waals surface area contributed by atoms with Gasteiger partial charge in [0, 0.05) is 0 Å². The van der Waals surface area contributed by atoms with Crippen molar-refractivity contribution in [2.75, 3.05) is 0 Å². The summed E-state index contributed by atoms with van der Waals surface area (Å²) in [6.07, 6.45) is 7.77. The first-order valence-corrected chi connectivity index (χ1v) is 2.73. The van der Waals surface area contributed by atoms with Crippen molar-refractivity contribution >= 4 is 7.85 Å². The van der Waals surface area contributed by atoms with Crippen LogP contribution in [-0.2, 0) is 0 Å². The van der Waals surface area contributed by atoms with Crippen LogP contribution in [-0.4, -0.2) is 7.85 Å². The van der Waals surface area contributed by atoms with Gasteiger partial charge in [-0.2, -0.15) is 0 Å². The highest BCUT2D eigenvalue weighted by atomic mass is 13.7. The third kappa shape index (κ3) is 3.47. The molecule has 0 aliphatic heterocycles.